The molecule has 0 bridgehead atoms. The van der Waals surface area contributed by atoms with Crippen molar-refractivity contribution in [2.75, 3.05) is 19.5 Å². The topological polar surface area (TPSA) is 47.6 Å². The molecule has 0 aliphatic heterocycles. The van der Waals surface area contributed by atoms with E-state index in [9.17, 15) is 4.79 Å². The lowest BCUT2D eigenvalue weighted by Gasteiger charge is -2.22. The average molecular weight is 408 g/mol. The molecule has 150 valence electrons. The zero-order valence-corrected chi connectivity index (χ0v) is 17.6. The van der Waals surface area contributed by atoms with Crippen LogP contribution in [0, 0.1) is 0 Å². The highest BCUT2D eigenvalue weighted by Gasteiger charge is 2.22. The SMILES string of the molecule is COc1ccc(NC(=O)C(C)SC(c2ccccc2)c2ccccc2)cc1OC. The Morgan fingerprint density at radius 2 is 1.38 bits per heavy atom. The van der Waals surface area contributed by atoms with E-state index in [0.29, 0.717) is 17.2 Å². The number of thioether (sulfide) groups is 1. The first-order valence-electron chi connectivity index (χ1n) is 9.40. The normalized spacial score (nSPS) is 11.7. The number of carbonyl (C=O) groups is 1. The molecule has 1 N–H and O–H groups in total. The van der Waals surface area contributed by atoms with Gasteiger partial charge in [0.25, 0.3) is 0 Å². The van der Waals surface area contributed by atoms with Crippen molar-refractivity contribution < 1.29 is 14.3 Å². The van der Waals surface area contributed by atoms with Gasteiger partial charge in [-0.1, -0.05) is 60.7 Å². The third-order valence-electron chi connectivity index (χ3n) is 4.57. The summed E-state index contributed by atoms with van der Waals surface area (Å²) < 4.78 is 10.6. The lowest BCUT2D eigenvalue weighted by atomic mass is 10.0. The number of methoxy groups -OCH3 is 2. The fourth-order valence-corrected chi connectivity index (χ4v) is 4.25. The second kappa shape index (κ2) is 10.0. The summed E-state index contributed by atoms with van der Waals surface area (Å²) in [6.45, 7) is 1.93. The number of anilines is 1. The van der Waals surface area contributed by atoms with Crippen LogP contribution >= 0.6 is 11.8 Å². The minimum atomic E-state index is -0.256. The molecule has 0 aromatic heterocycles. The van der Waals surface area contributed by atoms with Crippen molar-refractivity contribution in [3.8, 4) is 11.5 Å². The number of amides is 1. The van der Waals surface area contributed by atoms with Gasteiger partial charge < -0.3 is 14.8 Å². The van der Waals surface area contributed by atoms with Gasteiger partial charge in [0, 0.05) is 11.8 Å². The maximum atomic E-state index is 12.9. The van der Waals surface area contributed by atoms with Gasteiger partial charge in [-0.05, 0) is 30.2 Å². The Balaban J connectivity index is 1.76. The van der Waals surface area contributed by atoms with Gasteiger partial charge in [0.15, 0.2) is 11.5 Å². The lowest BCUT2D eigenvalue weighted by molar-refractivity contribution is -0.115. The molecule has 0 radical (unpaired) electrons. The highest BCUT2D eigenvalue weighted by molar-refractivity contribution is 8.01. The maximum absolute atomic E-state index is 12.9. The quantitative estimate of drug-likeness (QED) is 0.531. The zero-order valence-electron chi connectivity index (χ0n) is 16.8. The average Bonchev–Trinajstić information content (AvgIpc) is 2.78. The molecule has 0 spiro atoms. The Labute approximate surface area is 176 Å². The molecule has 0 aliphatic rings. The number of benzene rings is 3. The standard InChI is InChI=1S/C24H25NO3S/c1-17(24(26)25-20-14-15-21(27-2)22(16-20)28-3)29-23(18-10-6-4-7-11-18)19-12-8-5-9-13-19/h4-17,23H,1-3H3,(H,25,26). The molecule has 0 heterocycles. The Bertz CT molecular complexity index is 892. The molecule has 3 aromatic carbocycles. The summed E-state index contributed by atoms with van der Waals surface area (Å²) in [5, 5.41) is 2.80. The molecule has 1 amide bonds. The largest absolute Gasteiger partial charge is 0.493 e. The molecular weight excluding hydrogens is 382 g/mol. The number of nitrogens with one attached hydrogen (secondary N) is 1. The zero-order chi connectivity index (χ0) is 20.6. The van der Waals surface area contributed by atoms with Crippen LogP contribution in [-0.2, 0) is 4.79 Å². The van der Waals surface area contributed by atoms with Crippen molar-refractivity contribution in [3.63, 3.8) is 0 Å². The van der Waals surface area contributed by atoms with E-state index in [2.05, 4.69) is 29.6 Å². The first-order valence-corrected chi connectivity index (χ1v) is 10.3. The molecule has 1 atom stereocenters. The van der Waals surface area contributed by atoms with Crippen LogP contribution < -0.4 is 14.8 Å². The summed E-state index contributed by atoms with van der Waals surface area (Å²) in [7, 11) is 3.16. The summed E-state index contributed by atoms with van der Waals surface area (Å²) in [6.07, 6.45) is 0. The molecule has 0 fully saturated rings. The number of ether oxygens (including phenoxy) is 2. The van der Waals surface area contributed by atoms with Crippen molar-refractivity contribution in [1.82, 2.24) is 0 Å². The van der Waals surface area contributed by atoms with Gasteiger partial charge in [-0.3, -0.25) is 4.79 Å². The minimum absolute atomic E-state index is 0.0564. The Kier molecular flexibility index (Phi) is 7.19. The maximum Gasteiger partial charge on any atom is 0.237 e. The van der Waals surface area contributed by atoms with Crippen LogP contribution in [0.1, 0.15) is 23.3 Å². The van der Waals surface area contributed by atoms with E-state index in [-0.39, 0.29) is 16.4 Å². The van der Waals surface area contributed by atoms with Gasteiger partial charge in [0.05, 0.1) is 24.7 Å². The molecule has 29 heavy (non-hydrogen) atoms. The third-order valence-corrected chi connectivity index (χ3v) is 6.00. The molecular formula is C24H25NO3S. The Hall–Kier alpha value is -2.92. The smallest absolute Gasteiger partial charge is 0.237 e. The predicted molar refractivity (Wildman–Crippen MR) is 120 cm³/mol. The van der Waals surface area contributed by atoms with E-state index in [4.69, 9.17) is 9.47 Å². The first-order chi connectivity index (χ1) is 14.1. The molecule has 0 saturated carbocycles. The second-order valence-electron chi connectivity index (χ2n) is 6.54. The monoisotopic (exact) mass is 407 g/mol. The van der Waals surface area contributed by atoms with E-state index in [0.717, 1.165) is 0 Å². The molecule has 1 unspecified atom stereocenters. The second-order valence-corrected chi connectivity index (χ2v) is 7.99. The fourth-order valence-electron chi connectivity index (χ4n) is 3.03. The number of carbonyl (C=O) groups excluding carboxylic acids is 1. The molecule has 3 aromatic rings. The van der Waals surface area contributed by atoms with Gasteiger partial charge >= 0.3 is 0 Å². The minimum Gasteiger partial charge on any atom is -0.493 e. The summed E-state index contributed by atoms with van der Waals surface area (Å²) in [4.78, 5) is 12.9. The van der Waals surface area contributed by atoms with Gasteiger partial charge in [0.1, 0.15) is 0 Å². The first kappa shape index (κ1) is 20.8. The Morgan fingerprint density at radius 1 is 0.828 bits per heavy atom. The van der Waals surface area contributed by atoms with Crippen LogP contribution in [0.3, 0.4) is 0 Å². The molecule has 3 rings (SSSR count). The molecule has 0 saturated heterocycles. The van der Waals surface area contributed by atoms with Crippen LogP contribution in [0.4, 0.5) is 5.69 Å². The van der Waals surface area contributed by atoms with Crippen LogP contribution in [0.25, 0.3) is 0 Å². The summed E-state index contributed by atoms with van der Waals surface area (Å²) in [6, 6.07) is 25.9. The van der Waals surface area contributed by atoms with Gasteiger partial charge in [0.2, 0.25) is 5.91 Å². The van der Waals surface area contributed by atoms with E-state index in [1.165, 1.54) is 11.1 Å². The summed E-state index contributed by atoms with van der Waals surface area (Å²) >= 11 is 1.63. The third kappa shape index (κ3) is 5.33. The van der Waals surface area contributed by atoms with Crippen molar-refractivity contribution in [3.05, 3.63) is 90.0 Å². The molecule has 0 aliphatic carbocycles. The lowest BCUT2D eigenvalue weighted by Crippen LogP contribution is -2.23. The van der Waals surface area contributed by atoms with E-state index < -0.39 is 0 Å². The van der Waals surface area contributed by atoms with Crippen molar-refractivity contribution in [1.29, 1.82) is 0 Å². The summed E-state index contributed by atoms with van der Waals surface area (Å²) in [5.41, 5.74) is 3.03. The Morgan fingerprint density at radius 3 is 1.90 bits per heavy atom. The van der Waals surface area contributed by atoms with Crippen LogP contribution in [0.5, 0.6) is 11.5 Å². The molecule has 5 heteroatoms. The van der Waals surface area contributed by atoms with Gasteiger partial charge in [-0.2, -0.15) is 0 Å². The summed E-state index contributed by atoms with van der Waals surface area (Å²) in [5.74, 6) is 1.15. The van der Waals surface area contributed by atoms with Crippen LogP contribution in [-0.4, -0.2) is 25.4 Å². The highest BCUT2D eigenvalue weighted by Crippen LogP contribution is 2.38. The van der Waals surface area contributed by atoms with Gasteiger partial charge in [-0.25, -0.2) is 0 Å². The highest BCUT2D eigenvalue weighted by atomic mass is 32.2. The number of hydrogen-bond acceptors (Lipinski definition) is 4. The predicted octanol–water partition coefficient (Wildman–Crippen LogP) is 5.55. The van der Waals surface area contributed by atoms with Crippen molar-refractivity contribution in [2.24, 2.45) is 0 Å². The van der Waals surface area contributed by atoms with Crippen molar-refractivity contribution >= 4 is 23.4 Å². The van der Waals surface area contributed by atoms with Gasteiger partial charge in [-0.15, -0.1) is 11.8 Å². The fraction of sp³-hybridized carbons (Fsp3) is 0.208. The van der Waals surface area contributed by atoms with E-state index >= 15 is 0 Å². The van der Waals surface area contributed by atoms with E-state index in [1.807, 2.05) is 49.4 Å². The number of hydrogen-bond donors (Lipinski definition) is 1. The van der Waals surface area contributed by atoms with E-state index in [1.54, 1.807) is 38.1 Å². The molecule has 4 nitrogen and oxygen atoms in total. The van der Waals surface area contributed by atoms with Crippen LogP contribution in [0.2, 0.25) is 0 Å². The van der Waals surface area contributed by atoms with Crippen LogP contribution in [0.15, 0.2) is 78.9 Å². The van der Waals surface area contributed by atoms with Crippen molar-refractivity contribution in [2.45, 2.75) is 17.4 Å². The number of rotatable bonds is 8.